The highest BCUT2D eigenvalue weighted by molar-refractivity contribution is 9.10. The number of rotatable bonds is 3. The first kappa shape index (κ1) is 13.6. The van der Waals surface area contributed by atoms with Gasteiger partial charge in [-0.1, -0.05) is 15.9 Å². The number of benzene rings is 1. The van der Waals surface area contributed by atoms with Crippen LogP contribution in [-0.4, -0.2) is 20.8 Å². The number of aromatic nitrogens is 2. The van der Waals surface area contributed by atoms with Crippen LogP contribution in [0.4, 0.5) is 5.82 Å². The van der Waals surface area contributed by atoms with E-state index in [0.29, 0.717) is 10.3 Å². The number of nitrogens with zero attached hydrogens (tertiary/aromatic N) is 2. The third-order valence-electron chi connectivity index (χ3n) is 2.61. The van der Waals surface area contributed by atoms with Gasteiger partial charge in [-0.2, -0.15) is 5.10 Å². The number of carbonyl (C=O) groups excluding carboxylic acids is 1. The number of phenols is 1. The smallest absolute Gasteiger partial charge is 0.260 e. The van der Waals surface area contributed by atoms with Gasteiger partial charge in [-0.05, 0) is 32.0 Å². The van der Waals surface area contributed by atoms with Crippen LogP contribution in [0.15, 0.2) is 34.9 Å². The van der Waals surface area contributed by atoms with Gasteiger partial charge in [0, 0.05) is 16.6 Å². The Labute approximate surface area is 119 Å². The summed E-state index contributed by atoms with van der Waals surface area (Å²) in [7, 11) is 0. The van der Waals surface area contributed by atoms with Gasteiger partial charge >= 0.3 is 0 Å². The zero-order valence-electron chi connectivity index (χ0n) is 10.6. The van der Waals surface area contributed by atoms with Gasteiger partial charge in [0.1, 0.15) is 11.6 Å². The van der Waals surface area contributed by atoms with Crippen molar-refractivity contribution in [2.45, 2.75) is 19.9 Å². The van der Waals surface area contributed by atoms with Gasteiger partial charge in [0.2, 0.25) is 0 Å². The normalized spacial score (nSPS) is 10.7. The molecule has 1 heterocycles. The van der Waals surface area contributed by atoms with Gasteiger partial charge in [-0.25, -0.2) is 4.68 Å². The second kappa shape index (κ2) is 5.44. The largest absolute Gasteiger partial charge is 0.507 e. The molecule has 0 radical (unpaired) electrons. The van der Waals surface area contributed by atoms with Gasteiger partial charge in [-0.3, -0.25) is 4.79 Å². The number of aromatic hydroxyl groups is 1. The number of halogens is 1. The molecule has 1 aromatic carbocycles. The van der Waals surface area contributed by atoms with Crippen LogP contribution in [0.1, 0.15) is 30.2 Å². The molecule has 19 heavy (non-hydrogen) atoms. The molecule has 1 aromatic heterocycles. The Kier molecular flexibility index (Phi) is 3.90. The average Bonchev–Trinajstić information content (AvgIpc) is 2.76. The zero-order chi connectivity index (χ0) is 14.0. The van der Waals surface area contributed by atoms with Crippen LogP contribution in [-0.2, 0) is 0 Å². The third kappa shape index (κ3) is 2.96. The molecule has 0 aliphatic rings. The van der Waals surface area contributed by atoms with Crippen LogP contribution in [0.2, 0.25) is 0 Å². The van der Waals surface area contributed by atoms with Crippen molar-refractivity contribution in [3.05, 3.63) is 40.5 Å². The summed E-state index contributed by atoms with van der Waals surface area (Å²) < 4.78 is 2.42. The second-order valence-corrected chi connectivity index (χ2v) is 5.29. The molecule has 0 bridgehead atoms. The SMILES string of the molecule is CC(C)n1nccc1NC(=O)c1ccc(Br)cc1O. The molecule has 2 rings (SSSR count). The van der Waals surface area contributed by atoms with E-state index in [9.17, 15) is 9.90 Å². The number of phenolic OH excluding ortho intramolecular Hbond substituents is 1. The highest BCUT2D eigenvalue weighted by atomic mass is 79.9. The van der Waals surface area contributed by atoms with Crippen molar-refractivity contribution in [2.24, 2.45) is 0 Å². The first-order valence-corrected chi connectivity index (χ1v) is 6.61. The average molecular weight is 324 g/mol. The molecule has 0 spiro atoms. The predicted octanol–water partition coefficient (Wildman–Crippen LogP) is 3.18. The minimum atomic E-state index is -0.368. The van der Waals surface area contributed by atoms with Crippen LogP contribution < -0.4 is 5.32 Å². The summed E-state index contributed by atoms with van der Waals surface area (Å²) >= 11 is 3.23. The molecular formula is C13H14BrN3O2. The zero-order valence-corrected chi connectivity index (χ0v) is 12.2. The molecule has 0 saturated heterocycles. The molecule has 2 aromatic rings. The Balaban J connectivity index is 2.23. The minimum Gasteiger partial charge on any atom is -0.507 e. The highest BCUT2D eigenvalue weighted by Gasteiger charge is 2.14. The Morgan fingerprint density at radius 1 is 1.42 bits per heavy atom. The van der Waals surface area contributed by atoms with Crippen molar-refractivity contribution in [1.82, 2.24) is 9.78 Å². The van der Waals surface area contributed by atoms with Crippen molar-refractivity contribution < 1.29 is 9.90 Å². The van der Waals surface area contributed by atoms with E-state index in [1.807, 2.05) is 13.8 Å². The van der Waals surface area contributed by atoms with E-state index in [1.54, 1.807) is 29.1 Å². The lowest BCUT2D eigenvalue weighted by atomic mass is 10.2. The van der Waals surface area contributed by atoms with Crippen molar-refractivity contribution >= 4 is 27.7 Å². The van der Waals surface area contributed by atoms with Gasteiger partial charge in [0.25, 0.3) is 5.91 Å². The van der Waals surface area contributed by atoms with E-state index < -0.39 is 0 Å². The number of hydrogen-bond acceptors (Lipinski definition) is 3. The Bertz CT molecular complexity index is 608. The molecule has 0 atom stereocenters. The number of nitrogens with one attached hydrogen (secondary N) is 1. The lowest BCUT2D eigenvalue weighted by molar-refractivity contribution is 0.102. The fourth-order valence-electron chi connectivity index (χ4n) is 1.71. The van der Waals surface area contributed by atoms with Gasteiger partial charge in [-0.15, -0.1) is 0 Å². The highest BCUT2D eigenvalue weighted by Crippen LogP contribution is 2.23. The molecule has 0 aliphatic carbocycles. The third-order valence-corrected chi connectivity index (χ3v) is 3.10. The summed E-state index contributed by atoms with van der Waals surface area (Å²) in [4.78, 5) is 12.1. The number of carbonyl (C=O) groups is 1. The molecule has 0 saturated carbocycles. The lowest BCUT2D eigenvalue weighted by Gasteiger charge is -2.12. The van der Waals surface area contributed by atoms with Crippen LogP contribution in [0.3, 0.4) is 0 Å². The van der Waals surface area contributed by atoms with Crippen molar-refractivity contribution in [1.29, 1.82) is 0 Å². The van der Waals surface area contributed by atoms with E-state index in [4.69, 9.17) is 0 Å². The molecule has 0 fully saturated rings. The monoisotopic (exact) mass is 323 g/mol. The molecular weight excluding hydrogens is 310 g/mol. The van der Waals surface area contributed by atoms with Crippen molar-refractivity contribution in [2.75, 3.05) is 5.32 Å². The minimum absolute atomic E-state index is 0.0671. The summed E-state index contributed by atoms with van der Waals surface area (Å²) in [6.07, 6.45) is 1.62. The van der Waals surface area contributed by atoms with Gasteiger partial charge in [0.05, 0.1) is 11.8 Å². The maximum absolute atomic E-state index is 12.1. The molecule has 5 nitrogen and oxygen atoms in total. The molecule has 0 aliphatic heterocycles. The molecule has 100 valence electrons. The maximum atomic E-state index is 12.1. The van der Waals surface area contributed by atoms with Crippen LogP contribution >= 0.6 is 15.9 Å². The summed E-state index contributed by atoms with van der Waals surface area (Å²) in [6, 6.07) is 6.60. The van der Waals surface area contributed by atoms with Crippen molar-refractivity contribution in [3.63, 3.8) is 0 Å². The van der Waals surface area contributed by atoms with E-state index in [1.165, 1.54) is 6.07 Å². The van der Waals surface area contributed by atoms with E-state index in [-0.39, 0.29) is 23.3 Å². The standard InChI is InChI=1S/C13H14BrN3O2/c1-8(2)17-12(5-6-15-17)16-13(19)10-4-3-9(14)7-11(10)18/h3-8,18H,1-2H3,(H,16,19). The Morgan fingerprint density at radius 3 is 2.79 bits per heavy atom. The Hall–Kier alpha value is -1.82. The van der Waals surface area contributed by atoms with E-state index in [2.05, 4.69) is 26.3 Å². The summed E-state index contributed by atoms with van der Waals surface area (Å²) in [5.74, 6) is 0.164. The number of amides is 1. The molecule has 1 amide bonds. The number of anilines is 1. The quantitative estimate of drug-likeness (QED) is 0.911. The number of hydrogen-bond donors (Lipinski definition) is 2. The fourth-order valence-corrected chi connectivity index (χ4v) is 2.05. The fraction of sp³-hybridized carbons (Fsp3) is 0.231. The summed E-state index contributed by atoms with van der Waals surface area (Å²) in [6.45, 7) is 3.94. The van der Waals surface area contributed by atoms with Gasteiger partial charge < -0.3 is 10.4 Å². The van der Waals surface area contributed by atoms with Crippen molar-refractivity contribution in [3.8, 4) is 5.75 Å². The first-order valence-electron chi connectivity index (χ1n) is 5.82. The predicted molar refractivity (Wildman–Crippen MR) is 76.4 cm³/mol. The molecule has 6 heteroatoms. The second-order valence-electron chi connectivity index (χ2n) is 4.37. The van der Waals surface area contributed by atoms with Crippen LogP contribution in [0, 0.1) is 0 Å². The molecule has 2 N–H and O–H groups in total. The lowest BCUT2D eigenvalue weighted by Crippen LogP contribution is -2.16. The van der Waals surface area contributed by atoms with E-state index >= 15 is 0 Å². The van der Waals surface area contributed by atoms with Crippen LogP contribution in [0.25, 0.3) is 0 Å². The summed E-state index contributed by atoms with van der Waals surface area (Å²) in [5.41, 5.74) is 0.222. The van der Waals surface area contributed by atoms with Crippen LogP contribution in [0.5, 0.6) is 5.75 Å². The summed E-state index contributed by atoms with van der Waals surface area (Å²) in [5, 5.41) is 16.6. The topological polar surface area (TPSA) is 67.2 Å². The first-order chi connectivity index (χ1) is 8.99. The van der Waals surface area contributed by atoms with Gasteiger partial charge in [0.15, 0.2) is 0 Å². The van der Waals surface area contributed by atoms with E-state index in [0.717, 1.165) is 0 Å². The molecule has 0 unspecified atom stereocenters. The Morgan fingerprint density at radius 2 is 2.16 bits per heavy atom. The maximum Gasteiger partial charge on any atom is 0.260 e.